The van der Waals surface area contributed by atoms with Gasteiger partial charge in [-0.15, -0.1) is 11.3 Å². The lowest BCUT2D eigenvalue weighted by molar-refractivity contribution is 0.445. The topological polar surface area (TPSA) is 3.24 Å². The Kier molecular flexibility index (Phi) is 8.18. The monoisotopic (exact) mass is 735 g/mol. The van der Waals surface area contributed by atoms with Crippen LogP contribution >= 0.6 is 11.3 Å². The normalized spacial score (nSPS) is 13.6. The third-order valence-electron chi connectivity index (χ3n) is 12.3. The average Bonchev–Trinajstić information content (AvgIpc) is 3.66. The average molecular weight is 736 g/mol. The molecular weight excluding hydrogens is 695 g/mol. The van der Waals surface area contributed by atoms with Crippen LogP contribution in [0, 0.1) is 0 Å². The highest BCUT2D eigenvalue weighted by Crippen LogP contribution is 2.49. The van der Waals surface area contributed by atoms with Crippen LogP contribution in [0.5, 0.6) is 0 Å². The molecule has 1 nitrogen and oxygen atoms in total. The molecule has 0 N–H and O–H groups in total. The lowest BCUT2D eigenvalue weighted by Crippen LogP contribution is -2.12. The van der Waals surface area contributed by atoms with Gasteiger partial charge in [0.2, 0.25) is 0 Å². The van der Waals surface area contributed by atoms with Crippen LogP contribution in [0.3, 0.4) is 0 Å². The quantitative estimate of drug-likeness (QED) is 0.154. The van der Waals surface area contributed by atoms with Gasteiger partial charge < -0.3 is 4.90 Å². The summed E-state index contributed by atoms with van der Waals surface area (Å²) in [5, 5.41) is 10.5. The molecule has 0 unspecified atom stereocenters. The Balaban J connectivity index is 1.13. The number of fused-ring (bicyclic) bond motifs is 7. The number of thiophene rings is 1. The SMILES string of the molecule is c1ccc(N(c2ccc(-c3cccc4c3ccc3ccccc34)cc2)c2cccc3sc4ccccc4c23)c(-c2cccc3cccc(C4CCCCC4)c23)c1. The van der Waals surface area contributed by atoms with Crippen molar-refractivity contribution in [3.05, 3.63) is 188 Å². The molecule has 56 heavy (non-hydrogen) atoms. The van der Waals surface area contributed by atoms with Crippen molar-refractivity contribution >= 4 is 80.9 Å². The van der Waals surface area contributed by atoms with E-state index in [1.54, 1.807) is 0 Å². The van der Waals surface area contributed by atoms with Crippen molar-refractivity contribution in [2.45, 2.75) is 38.0 Å². The van der Waals surface area contributed by atoms with Gasteiger partial charge in [0.15, 0.2) is 0 Å². The first-order chi connectivity index (χ1) is 27.8. The van der Waals surface area contributed by atoms with Gasteiger partial charge >= 0.3 is 0 Å². The van der Waals surface area contributed by atoms with E-state index in [4.69, 9.17) is 0 Å². The second kappa shape index (κ2) is 13.8. The molecule has 1 aliphatic rings. The first-order valence-electron chi connectivity index (χ1n) is 20.1. The maximum atomic E-state index is 2.53. The van der Waals surface area contributed by atoms with Crippen LogP contribution in [0.4, 0.5) is 17.1 Å². The smallest absolute Gasteiger partial charge is 0.0555 e. The van der Waals surface area contributed by atoms with E-state index in [1.165, 1.54) is 124 Å². The highest BCUT2D eigenvalue weighted by molar-refractivity contribution is 7.26. The van der Waals surface area contributed by atoms with Crippen LogP contribution in [-0.2, 0) is 0 Å². The largest absolute Gasteiger partial charge is 0.309 e. The number of hydrogen-bond acceptors (Lipinski definition) is 2. The van der Waals surface area contributed by atoms with Gasteiger partial charge in [-0.1, -0.05) is 165 Å². The second-order valence-electron chi connectivity index (χ2n) is 15.4. The molecule has 0 aliphatic heterocycles. The molecular formula is C54H41NS. The van der Waals surface area contributed by atoms with Gasteiger partial charge in [0.05, 0.1) is 11.4 Å². The van der Waals surface area contributed by atoms with E-state index >= 15 is 0 Å². The molecule has 9 aromatic carbocycles. The van der Waals surface area contributed by atoms with Gasteiger partial charge in [-0.25, -0.2) is 0 Å². The van der Waals surface area contributed by atoms with E-state index in [0.29, 0.717) is 5.92 Å². The number of rotatable bonds is 6. The van der Waals surface area contributed by atoms with E-state index in [2.05, 4.69) is 187 Å². The zero-order valence-corrected chi connectivity index (χ0v) is 32.1. The predicted octanol–water partition coefficient (Wildman–Crippen LogP) is 16.4. The van der Waals surface area contributed by atoms with Crippen molar-refractivity contribution < 1.29 is 0 Å². The molecule has 10 aromatic rings. The molecule has 1 aliphatic carbocycles. The minimum atomic E-state index is 0.599. The van der Waals surface area contributed by atoms with Gasteiger partial charge in [-0.3, -0.25) is 0 Å². The number of benzene rings is 9. The maximum Gasteiger partial charge on any atom is 0.0555 e. The predicted molar refractivity (Wildman–Crippen MR) is 243 cm³/mol. The van der Waals surface area contributed by atoms with Gasteiger partial charge in [-0.2, -0.15) is 0 Å². The van der Waals surface area contributed by atoms with Crippen molar-refractivity contribution in [3.63, 3.8) is 0 Å². The summed E-state index contributed by atoms with van der Waals surface area (Å²) in [5.41, 5.74) is 10.1. The molecule has 0 saturated heterocycles. The van der Waals surface area contributed by atoms with Crippen molar-refractivity contribution in [1.29, 1.82) is 0 Å². The maximum absolute atomic E-state index is 2.53. The summed E-state index contributed by atoms with van der Waals surface area (Å²) in [6, 6.07) is 68.0. The molecule has 0 radical (unpaired) electrons. The van der Waals surface area contributed by atoms with E-state index < -0.39 is 0 Å². The fourth-order valence-corrected chi connectivity index (χ4v) is 10.8. The molecule has 0 spiro atoms. The fourth-order valence-electron chi connectivity index (χ4n) is 9.68. The Bertz CT molecular complexity index is 3070. The lowest BCUT2D eigenvalue weighted by atomic mass is 9.80. The van der Waals surface area contributed by atoms with Crippen LogP contribution < -0.4 is 4.90 Å². The molecule has 11 rings (SSSR count). The second-order valence-corrected chi connectivity index (χ2v) is 16.5. The molecule has 1 fully saturated rings. The highest BCUT2D eigenvalue weighted by atomic mass is 32.1. The minimum Gasteiger partial charge on any atom is -0.309 e. The van der Waals surface area contributed by atoms with Crippen LogP contribution in [-0.4, -0.2) is 0 Å². The van der Waals surface area contributed by atoms with Gasteiger partial charge in [-0.05, 0) is 110 Å². The summed E-state index contributed by atoms with van der Waals surface area (Å²) in [5.74, 6) is 0.599. The number of anilines is 3. The number of hydrogen-bond donors (Lipinski definition) is 0. The zero-order valence-electron chi connectivity index (χ0n) is 31.3. The highest BCUT2D eigenvalue weighted by Gasteiger charge is 2.24. The fraction of sp³-hybridized carbons (Fsp3) is 0.111. The molecule has 0 atom stereocenters. The summed E-state index contributed by atoms with van der Waals surface area (Å²) in [4.78, 5) is 2.53. The third kappa shape index (κ3) is 5.51. The van der Waals surface area contributed by atoms with Crippen LogP contribution in [0.15, 0.2) is 182 Å². The molecule has 268 valence electrons. The van der Waals surface area contributed by atoms with Crippen LogP contribution in [0.2, 0.25) is 0 Å². The Morgan fingerprint density at radius 3 is 1.93 bits per heavy atom. The van der Waals surface area contributed by atoms with Crippen molar-refractivity contribution in [2.24, 2.45) is 0 Å². The molecule has 0 amide bonds. The Morgan fingerprint density at radius 1 is 0.393 bits per heavy atom. The standard InChI is InChI=1S/C54H41NS/c1-2-14-36(15-3-1)43-23-10-17-39-18-11-25-47(53(39)43)46-20-6-8-26-49(46)55(50-27-13-29-52-54(50)48-21-7-9-28-51(48)56-52)40-33-30-38(31-34-40)42-22-12-24-44-41-19-5-4-16-37(41)32-35-45(42)44/h4-13,16-36H,1-3,14-15H2. The zero-order chi connectivity index (χ0) is 37.0. The minimum absolute atomic E-state index is 0.599. The van der Waals surface area contributed by atoms with Gasteiger partial charge in [0.1, 0.15) is 0 Å². The first-order valence-corrected chi connectivity index (χ1v) is 20.9. The summed E-state index contributed by atoms with van der Waals surface area (Å²) >= 11 is 1.88. The first kappa shape index (κ1) is 33.1. The summed E-state index contributed by atoms with van der Waals surface area (Å²) in [7, 11) is 0. The van der Waals surface area contributed by atoms with Crippen molar-refractivity contribution in [2.75, 3.05) is 4.90 Å². The third-order valence-corrected chi connectivity index (χ3v) is 13.4. The number of para-hydroxylation sites is 1. The molecule has 1 heterocycles. The molecule has 1 aromatic heterocycles. The van der Waals surface area contributed by atoms with Gasteiger partial charge in [0.25, 0.3) is 0 Å². The Labute approximate surface area is 332 Å². The van der Waals surface area contributed by atoms with Crippen LogP contribution in [0.25, 0.3) is 74.7 Å². The molecule has 2 heteroatoms. The van der Waals surface area contributed by atoms with E-state index in [0.717, 1.165) is 5.69 Å². The van der Waals surface area contributed by atoms with Crippen LogP contribution in [0.1, 0.15) is 43.6 Å². The van der Waals surface area contributed by atoms with Crippen molar-refractivity contribution in [1.82, 2.24) is 0 Å². The Morgan fingerprint density at radius 2 is 1.04 bits per heavy atom. The van der Waals surface area contributed by atoms with Crippen molar-refractivity contribution in [3.8, 4) is 22.3 Å². The Hall–Kier alpha value is -6.22. The van der Waals surface area contributed by atoms with E-state index in [-0.39, 0.29) is 0 Å². The molecule has 1 saturated carbocycles. The van der Waals surface area contributed by atoms with E-state index in [9.17, 15) is 0 Å². The van der Waals surface area contributed by atoms with E-state index in [1.807, 2.05) is 11.3 Å². The number of nitrogens with zero attached hydrogens (tertiary/aromatic N) is 1. The lowest BCUT2D eigenvalue weighted by Gasteiger charge is -2.30. The summed E-state index contributed by atoms with van der Waals surface area (Å²) < 4.78 is 2.61. The van der Waals surface area contributed by atoms with Gasteiger partial charge in [0, 0.05) is 31.4 Å². The summed E-state index contributed by atoms with van der Waals surface area (Å²) in [6.07, 6.45) is 6.53. The molecule has 0 bridgehead atoms. The summed E-state index contributed by atoms with van der Waals surface area (Å²) in [6.45, 7) is 0.